The second-order valence-electron chi connectivity index (χ2n) is 6.47. The van der Waals surface area contributed by atoms with E-state index in [0.717, 1.165) is 0 Å². The van der Waals surface area contributed by atoms with E-state index in [4.69, 9.17) is 9.47 Å². The van der Waals surface area contributed by atoms with Crippen LogP contribution in [0.2, 0.25) is 0 Å². The van der Waals surface area contributed by atoms with Gasteiger partial charge in [-0.1, -0.05) is 43.3 Å². The van der Waals surface area contributed by atoms with Crippen LogP contribution in [-0.2, 0) is 9.59 Å². The molecule has 2 aromatic carbocycles. The number of aliphatic hydroxyl groups excluding tert-OH is 1. The molecule has 0 saturated carbocycles. The van der Waals surface area contributed by atoms with Crippen LogP contribution < -0.4 is 9.47 Å². The molecular formula is C22H23NO5. The zero-order valence-electron chi connectivity index (χ0n) is 16.1. The number of benzene rings is 2. The van der Waals surface area contributed by atoms with Gasteiger partial charge in [0, 0.05) is 12.1 Å². The maximum Gasteiger partial charge on any atom is 0.295 e. The van der Waals surface area contributed by atoms with E-state index >= 15 is 0 Å². The fourth-order valence-electron chi connectivity index (χ4n) is 3.47. The molecule has 0 radical (unpaired) electrons. The molecule has 1 unspecified atom stereocenters. The van der Waals surface area contributed by atoms with Gasteiger partial charge in [-0.15, -0.1) is 0 Å². The molecule has 1 amide bonds. The van der Waals surface area contributed by atoms with Crippen LogP contribution in [0.1, 0.15) is 30.5 Å². The van der Waals surface area contributed by atoms with Gasteiger partial charge < -0.3 is 19.5 Å². The molecule has 1 aliphatic rings. The summed E-state index contributed by atoms with van der Waals surface area (Å²) in [7, 11) is 3.06. The first-order valence-corrected chi connectivity index (χ1v) is 9.09. The molecule has 2 aromatic rings. The number of likely N-dealkylation sites (tertiary alicyclic amines) is 1. The highest BCUT2D eigenvalue weighted by Gasteiger charge is 2.45. The first-order chi connectivity index (χ1) is 13.5. The van der Waals surface area contributed by atoms with Crippen molar-refractivity contribution >= 4 is 17.4 Å². The van der Waals surface area contributed by atoms with Crippen LogP contribution in [0.15, 0.2) is 54.1 Å². The molecule has 28 heavy (non-hydrogen) atoms. The van der Waals surface area contributed by atoms with Crippen LogP contribution in [-0.4, -0.2) is 42.5 Å². The van der Waals surface area contributed by atoms with E-state index < -0.39 is 17.7 Å². The number of rotatable bonds is 6. The maximum absolute atomic E-state index is 12.8. The summed E-state index contributed by atoms with van der Waals surface area (Å²) in [5, 5.41) is 10.9. The van der Waals surface area contributed by atoms with Crippen molar-refractivity contribution in [2.24, 2.45) is 0 Å². The number of carbonyl (C=O) groups excluding carboxylic acids is 2. The number of hydrogen-bond acceptors (Lipinski definition) is 5. The first kappa shape index (κ1) is 19.5. The van der Waals surface area contributed by atoms with Gasteiger partial charge in [0.15, 0.2) is 11.5 Å². The number of ether oxygens (including phenoxy) is 2. The van der Waals surface area contributed by atoms with Crippen molar-refractivity contribution in [2.75, 3.05) is 20.8 Å². The van der Waals surface area contributed by atoms with Crippen LogP contribution >= 0.6 is 0 Å². The van der Waals surface area contributed by atoms with Gasteiger partial charge in [0.25, 0.3) is 11.7 Å². The summed E-state index contributed by atoms with van der Waals surface area (Å²) in [6.07, 6.45) is 0.683. The zero-order valence-corrected chi connectivity index (χ0v) is 16.1. The fraction of sp³-hybridized carbons (Fsp3) is 0.273. The molecule has 0 aliphatic carbocycles. The van der Waals surface area contributed by atoms with E-state index in [0.29, 0.717) is 35.6 Å². The molecule has 1 heterocycles. The van der Waals surface area contributed by atoms with Gasteiger partial charge in [-0.3, -0.25) is 9.59 Å². The number of amides is 1. The average molecular weight is 381 g/mol. The van der Waals surface area contributed by atoms with Gasteiger partial charge in [-0.2, -0.15) is 0 Å². The summed E-state index contributed by atoms with van der Waals surface area (Å²) in [5.41, 5.74) is 1.24. The number of aliphatic hydroxyl groups is 1. The third-order valence-corrected chi connectivity index (χ3v) is 4.78. The Morgan fingerprint density at radius 3 is 2.32 bits per heavy atom. The molecule has 6 nitrogen and oxygen atoms in total. The molecule has 0 aromatic heterocycles. The monoisotopic (exact) mass is 381 g/mol. The highest BCUT2D eigenvalue weighted by Crippen LogP contribution is 2.41. The highest BCUT2D eigenvalue weighted by atomic mass is 16.5. The normalized spacial score (nSPS) is 18.4. The number of Topliss-reactive ketones (excluding diaryl/α,β-unsaturated/α-hetero) is 1. The van der Waals surface area contributed by atoms with Gasteiger partial charge in [0.1, 0.15) is 5.76 Å². The highest BCUT2D eigenvalue weighted by molar-refractivity contribution is 6.46. The van der Waals surface area contributed by atoms with Crippen molar-refractivity contribution in [1.82, 2.24) is 4.90 Å². The molecule has 1 fully saturated rings. The minimum Gasteiger partial charge on any atom is -0.507 e. The van der Waals surface area contributed by atoms with Gasteiger partial charge in [-0.05, 0) is 24.1 Å². The lowest BCUT2D eigenvalue weighted by molar-refractivity contribution is -0.139. The van der Waals surface area contributed by atoms with Crippen molar-refractivity contribution in [3.05, 3.63) is 65.2 Å². The number of nitrogens with zero attached hydrogens (tertiary/aromatic N) is 1. The molecule has 0 bridgehead atoms. The van der Waals surface area contributed by atoms with E-state index in [9.17, 15) is 14.7 Å². The summed E-state index contributed by atoms with van der Waals surface area (Å²) in [6.45, 7) is 2.33. The van der Waals surface area contributed by atoms with Crippen molar-refractivity contribution in [1.29, 1.82) is 0 Å². The molecule has 1 N–H and O–H groups in total. The lowest BCUT2D eigenvalue weighted by atomic mass is 9.95. The van der Waals surface area contributed by atoms with E-state index in [-0.39, 0.29) is 11.3 Å². The lowest BCUT2D eigenvalue weighted by Crippen LogP contribution is -2.30. The second-order valence-corrected chi connectivity index (χ2v) is 6.47. The Hall–Kier alpha value is -3.28. The van der Waals surface area contributed by atoms with E-state index in [1.54, 1.807) is 42.5 Å². The first-order valence-electron chi connectivity index (χ1n) is 9.09. The van der Waals surface area contributed by atoms with Gasteiger partial charge in [0.05, 0.1) is 25.8 Å². The SMILES string of the molecule is CCCN1C(=O)C(=O)C(=C(O)c2ccccc2)C1c1ccc(OC)c(OC)c1. The molecule has 6 heteroatoms. The number of carbonyl (C=O) groups is 2. The molecule has 1 atom stereocenters. The Kier molecular flexibility index (Phi) is 5.68. The maximum atomic E-state index is 12.8. The van der Waals surface area contributed by atoms with Crippen molar-refractivity contribution < 1.29 is 24.2 Å². The summed E-state index contributed by atoms with van der Waals surface area (Å²) in [4.78, 5) is 27.0. The zero-order chi connectivity index (χ0) is 20.3. The Morgan fingerprint density at radius 1 is 1.04 bits per heavy atom. The Bertz CT molecular complexity index is 920. The van der Waals surface area contributed by atoms with E-state index in [1.165, 1.54) is 19.1 Å². The van der Waals surface area contributed by atoms with E-state index in [1.807, 2.05) is 13.0 Å². The van der Waals surface area contributed by atoms with E-state index in [2.05, 4.69) is 0 Å². The van der Waals surface area contributed by atoms with Gasteiger partial charge in [0.2, 0.25) is 0 Å². The number of hydrogen-bond donors (Lipinski definition) is 1. The van der Waals surface area contributed by atoms with Crippen LogP contribution in [0.5, 0.6) is 11.5 Å². The lowest BCUT2D eigenvalue weighted by Gasteiger charge is -2.25. The van der Waals surface area contributed by atoms with Crippen molar-refractivity contribution in [3.8, 4) is 11.5 Å². The topological polar surface area (TPSA) is 76.1 Å². The predicted molar refractivity (Wildman–Crippen MR) is 105 cm³/mol. The van der Waals surface area contributed by atoms with Crippen LogP contribution in [0.4, 0.5) is 0 Å². The Morgan fingerprint density at radius 2 is 1.71 bits per heavy atom. The molecule has 0 spiro atoms. The smallest absolute Gasteiger partial charge is 0.295 e. The summed E-state index contributed by atoms with van der Waals surface area (Å²) in [5.74, 6) is -0.449. The Balaban J connectivity index is 2.20. The third-order valence-electron chi connectivity index (χ3n) is 4.78. The summed E-state index contributed by atoms with van der Waals surface area (Å²) >= 11 is 0. The minimum absolute atomic E-state index is 0.0804. The van der Waals surface area contributed by atoms with Crippen LogP contribution in [0, 0.1) is 0 Å². The largest absolute Gasteiger partial charge is 0.507 e. The molecule has 146 valence electrons. The van der Waals surface area contributed by atoms with Crippen LogP contribution in [0.3, 0.4) is 0 Å². The third kappa shape index (κ3) is 3.33. The minimum atomic E-state index is -0.694. The molecule has 3 rings (SSSR count). The quantitative estimate of drug-likeness (QED) is 0.471. The molecule has 1 aliphatic heterocycles. The van der Waals surface area contributed by atoms with Gasteiger partial charge >= 0.3 is 0 Å². The Labute approximate surface area is 164 Å². The number of methoxy groups -OCH3 is 2. The van der Waals surface area contributed by atoms with Gasteiger partial charge in [-0.25, -0.2) is 0 Å². The second kappa shape index (κ2) is 8.17. The average Bonchev–Trinajstić information content (AvgIpc) is 2.98. The fourth-order valence-corrected chi connectivity index (χ4v) is 3.47. The van der Waals surface area contributed by atoms with Crippen LogP contribution in [0.25, 0.3) is 5.76 Å². The summed E-state index contributed by atoms with van der Waals surface area (Å²) < 4.78 is 10.7. The molecule has 1 saturated heterocycles. The summed E-state index contributed by atoms with van der Waals surface area (Å²) in [6, 6.07) is 13.3. The van der Waals surface area contributed by atoms with Crippen molar-refractivity contribution in [2.45, 2.75) is 19.4 Å². The predicted octanol–water partition coefficient (Wildman–Crippen LogP) is 3.54. The van der Waals surface area contributed by atoms with Crippen molar-refractivity contribution in [3.63, 3.8) is 0 Å². The molecular weight excluding hydrogens is 358 g/mol. The standard InChI is InChI=1S/C22H23NO5/c1-4-12-23-19(15-10-11-16(27-2)17(13-15)28-3)18(21(25)22(23)26)20(24)14-8-6-5-7-9-14/h5-11,13,19,24H,4,12H2,1-3H3. The number of ketones is 1.